The molecule has 1 amide bonds. The first-order chi connectivity index (χ1) is 14.8. The fraction of sp³-hybridized carbons (Fsp3) is 0.286. The van der Waals surface area contributed by atoms with E-state index in [0.29, 0.717) is 18.1 Å². The summed E-state index contributed by atoms with van der Waals surface area (Å²) in [6.45, 7) is 2.59. The number of thioether (sulfide) groups is 1. The van der Waals surface area contributed by atoms with E-state index in [0.717, 1.165) is 30.1 Å². The SMILES string of the molecule is CCn1c(CCc2ccccc2)nnc1SCC(=O)Nc1ccc(Br)cc1C(F)(F)F. The third-order valence-corrected chi connectivity index (χ3v) is 5.94. The number of benzene rings is 2. The van der Waals surface area contributed by atoms with Gasteiger partial charge >= 0.3 is 6.18 Å². The lowest BCUT2D eigenvalue weighted by atomic mass is 10.1. The monoisotopic (exact) mass is 512 g/mol. The molecule has 0 aliphatic heterocycles. The van der Waals surface area contributed by atoms with E-state index in [2.05, 4.69) is 31.4 Å². The Morgan fingerprint density at radius 2 is 1.87 bits per heavy atom. The maximum absolute atomic E-state index is 13.2. The molecule has 0 saturated carbocycles. The van der Waals surface area contributed by atoms with Crippen LogP contribution in [0, 0.1) is 0 Å². The van der Waals surface area contributed by atoms with Gasteiger partial charge in [-0.15, -0.1) is 10.2 Å². The molecule has 0 aliphatic rings. The first kappa shape index (κ1) is 23.3. The maximum Gasteiger partial charge on any atom is 0.418 e. The molecule has 164 valence electrons. The highest BCUT2D eigenvalue weighted by Gasteiger charge is 2.34. The average Bonchev–Trinajstić information content (AvgIpc) is 3.14. The van der Waals surface area contributed by atoms with Crippen LogP contribution in [0.1, 0.15) is 23.9 Å². The molecule has 0 bridgehead atoms. The molecule has 2 aromatic carbocycles. The third kappa shape index (κ3) is 6.33. The fourth-order valence-corrected chi connectivity index (χ4v) is 4.19. The number of aryl methyl sites for hydroxylation is 2. The Balaban J connectivity index is 1.63. The van der Waals surface area contributed by atoms with Crippen LogP contribution in [-0.2, 0) is 30.4 Å². The summed E-state index contributed by atoms with van der Waals surface area (Å²) in [6, 6.07) is 13.6. The van der Waals surface area contributed by atoms with Gasteiger partial charge in [0.2, 0.25) is 5.91 Å². The lowest BCUT2D eigenvalue weighted by molar-refractivity contribution is -0.137. The Morgan fingerprint density at radius 3 is 2.55 bits per heavy atom. The molecule has 3 aromatic rings. The molecule has 1 heterocycles. The highest BCUT2D eigenvalue weighted by Crippen LogP contribution is 2.36. The predicted octanol–water partition coefficient (Wildman–Crippen LogP) is 5.60. The standard InChI is InChI=1S/C21H20BrF3N4OS/c1-2-29-18(11-8-14-6-4-3-5-7-14)27-28-20(29)31-13-19(30)26-17-10-9-15(22)12-16(17)21(23,24)25/h3-7,9-10,12H,2,8,11,13H2,1H3,(H,26,30). The average molecular weight is 513 g/mol. The lowest BCUT2D eigenvalue weighted by Gasteiger charge is -2.14. The summed E-state index contributed by atoms with van der Waals surface area (Å²) in [5.41, 5.74) is 0.0126. The molecule has 3 rings (SSSR count). The fourth-order valence-electron chi connectivity index (χ4n) is 3.01. The second kappa shape index (κ2) is 10.3. The van der Waals surface area contributed by atoms with Crippen molar-refractivity contribution in [3.05, 3.63) is 70.0 Å². The van der Waals surface area contributed by atoms with Crippen molar-refractivity contribution in [3.8, 4) is 0 Å². The second-order valence-corrected chi connectivity index (χ2v) is 8.51. The van der Waals surface area contributed by atoms with Crippen molar-refractivity contribution < 1.29 is 18.0 Å². The summed E-state index contributed by atoms with van der Waals surface area (Å²) in [4.78, 5) is 12.3. The van der Waals surface area contributed by atoms with E-state index in [1.54, 1.807) is 0 Å². The minimum Gasteiger partial charge on any atom is -0.325 e. The van der Waals surface area contributed by atoms with Crippen LogP contribution in [-0.4, -0.2) is 26.4 Å². The van der Waals surface area contributed by atoms with Gasteiger partial charge in [0.25, 0.3) is 0 Å². The molecule has 0 fully saturated rings. The van der Waals surface area contributed by atoms with Crippen LogP contribution in [0.2, 0.25) is 0 Å². The topological polar surface area (TPSA) is 59.8 Å². The van der Waals surface area contributed by atoms with E-state index in [-0.39, 0.29) is 15.9 Å². The number of hydrogen-bond acceptors (Lipinski definition) is 4. The van der Waals surface area contributed by atoms with Crippen molar-refractivity contribution in [2.45, 2.75) is 37.6 Å². The Labute approximate surface area is 190 Å². The molecule has 0 aliphatic carbocycles. The molecular formula is C21H20BrF3N4OS. The summed E-state index contributed by atoms with van der Waals surface area (Å²) in [5.74, 6) is 0.181. The molecule has 1 N–H and O–H groups in total. The summed E-state index contributed by atoms with van der Waals surface area (Å²) < 4.78 is 41.9. The van der Waals surface area contributed by atoms with Gasteiger partial charge in [-0.2, -0.15) is 13.2 Å². The summed E-state index contributed by atoms with van der Waals surface area (Å²) in [7, 11) is 0. The Hall–Kier alpha value is -2.33. The predicted molar refractivity (Wildman–Crippen MR) is 118 cm³/mol. The van der Waals surface area contributed by atoms with Crippen LogP contribution >= 0.6 is 27.7 Å². The first-order valence-electron chi connectivity index (χ1n) is 9.53. The van der Waals surface area contributed by atoms with Crippen LogP contribution in [0.3, 0.4) is 0 Å². The Morgan fingerprint density at radius 1 is 1.13 bits per heavy atom. The number of hydrogen-bond donors (Lipinski definition) is 1. The van der Waals surface area contributed by atoms with E-state index in [1.807, 2.05) is 41.8 Å². The van der Waals surface area contributed by atoms with Crippen molar-refractivity contribution in [1.82, 2.24) is 14.8 Å². The molecular weight excluding hydrogens is 493 g/mol. The number of carbonyl (C=O) groups is 1. The van der Waals surface area contributed by atoms with Crippen LogP contribution in [0.5, 0.6) is 0 Å². The van der Waals surface area contributed by atoms with Crippen molar-refractivity contribution in [2.24, 2.45) is 0 Å². The molecule has 31 heavy (non-hydrogen) atoms. The summed E-state index contributed by atoms with van der Waals surface area (Å²) in [5, 5.41) is 11.3. The normalized spacial score (nSPS) is 11.5. The number of anilines is 1. The quantitative estimate of drug-likeness (QED) is 0.399. The molecule has 0 atom stereocenters. The van der Waals surface area contributed by atoms with Crippen LogP contribution < -0.4 is 5.32 Å². The van der Waals surface area contributed by atoms with Gasteiger partial charge in [-0.05, 0) is 37.1 Å². The third-order valence-electron chi connectivity index (χ3n) is 4.48. The summed E-state index contributed by atoms with van der Waals surface area (Å²) in [6.07, 6.45) is -3.06. The largest absolute Gasteiger partial charge is 0.418 e. The lowest BCUT2D eigenvalue weighted by Crippen LogP contribution is -2.18. The first-order valence-corrected chi connectivity index (χ1v) is 11.3. The van der Waals surface area contributed by atoms with Crippen LogP contribution in [0.25, 0.3) is 0 Å². The zero-order valence-corrected chi connectivity index (χ0v) is 19.0. The minimum absolute atomic E-state index is 0.0792. The number of carbonyl (C=O) groups excluding carboxylic acids is 1. The number of nitrogens with one attached hydrogen (secondary N) is 1. The van der Waals surface area contributed by atoms with Gasteiger partial charge < -0.3 is 9.88 Å². The maximum atomic E-state index is 13.2. The smallest absolute Gasteiger partial charge is 0.325 e. The van der Waals surface area contributed by atoms with Gasteiger partial charge in [0, 0.05) is 17.4 Å². The van der Waals surface area contributed by atoms with Gasteiger partial charge in [-0.3, -0.25) is 4.79 Å². The zero-order chi connectivity index (χ0) is 22.4. The zero-order valence-electron chi connectivity index (χ0n) is 16.6. The molecule has 0 spiro atoms. The van der Waals surface area contributed by atoms with Gasteiger partial charge in [0.1, 0.15) is 5.82 Å². The second-order valence-electron chi connectivity index (χ2n) is 6.65. The van der Waals surface area contributed by atoms with Gasteiger partial charge in [0.15, 0.2) is 5.16 Å². The molecule has 10 heteroatoms. The van der Waals surface area contributed by atoms with Gasteiger partial charge in [0.05, 0.1) is 17.0 Å². The van der Waals surface area contributed by atoms with Crippen molar-refractivity contribution in [1.29, 1.82) is 0 Å². The summed E-state index contributed by atoms with van der Waals surface area (Å²) >= 11 is 4.17. The number of alkyl halides is 3. The van der Waals surface area contributed by atoms with E-state index >= 15 is 0 Å². The van der Waals surface area contributed by atoms with Gasteiger partial charge in [-0.1, -0.05) is 58.0 Å². The molecule has 0 radical (unpaired) electrons. The number of halogens is 4. The Kier molecular flexibility index (Phi) is 7.77. The molecule has 5 nitrogen and oxygen atoms in total. The van der Waals surface area contributed by atoms with Crippen LogP contribution in [0.4, 0.5) is 18.9 Å². The van der Waals surface area contributed by atoms with Crippen molar-refractivity contribution >= 4 is 39.3 Å². The number of rotatable bonds is 8. The molecule has 1 aromatic heterocycles. The van der Waals surface area contributed by atoms with E-state index in [4.69, 9.17) is 0 Å². The van der Waals surface area contributed by atoms with E-state index < -0.39 is 17.6 Å². The minimum atomic E-state index is -4.57. The highest BCUT2D eigenvalue weighted by atomic mass is 79.9. The number of amides is 1. The Bertz CT molecular complexity index is 1040. The molecule has 0 saturated heterocycles. The van der Waals surface area contributed by atoms with E-state index in [9.17, 15) is 18.0 Å². The number of nitrogens with zero attached hydrogens (tertiary/aromatic N) is 3. The van der Waals surface area contributed by atoms with Gasteiger partial charge in [-0.25, -0.2) is 0 Å². The van der Waals surface area contributed by atoms with Crippen molar-refractivity contribution in [2.75, 3.05) is 11.1 Å². The molecule has 0 unspecified atom stereocenters. The number of aromatic nitrogens is 3. The van der Waals surface area contributed by atoms with E-state index in [1.165, 1.54) is 17.7 Å². The van der Waals surface area contributed by atoms with Crippen molar-refractivity contribution in [3.63, 3.8) is 0 Å². The van der Waals surface area contributed by atoms with Crippen LogP contribution in [0.15, 0.2) is 58.2 Å². The highest BCUT2D eigenvalue weighted by molar-refractivity contribution is 9.10.